The monoisotopic (exact) mass is 507 g/mol. The van der Waals surface area contributed by atoms with E-state index >= 15 is 0 Å². The highest BCUT2D eigenvalue weighted by Gasteiger charge is 2.11. The predicted molar refractivity (Wildman–Crippen MR) is 127 cm³/mol. The minimum atomic E-state index is -0.477. The standard InChI is InChI=1S/C25H19BrFN3O3/c26-22-13-18(12-19(14-28)25(32)29-15-17-4-2-1-3-5-17)6-11-23(22)33-16-24(31)30-21-9-7-20(27)8-10-21/h1-13H,15-16H2,(H,29,32)(H,30,31)/b19-12+. The summed E-state index contributed by atoms with van der Waals surface area (Å²) in [5.41, 5.74) is 1.96. The van der Waals surface area contributed by atoms with Crippen molar-refractivity contribution in [3.63, 3.8) is 0 Å². The third-order valence-corrected chi connectivity index (χ3v) is 5.03. The van der Waals surface area contributed by atoms with Gasteiger partial charge in [0.1, 0.15) is 23.2 Å². The van der Waals surface area contributed by atoms with E-state index in [9.17, 15) is 19.2 Å². The normalized spacial score (nSPS) is 10.8. The van der Waals surface area contributed by atoms with Gasteiger partial charge in [0.2, 0.25) is 0 Å². The molecule has 3 aromatic carbocycles. The number of nitrogens with zero attached hydrogens (tertiary/aromatic N) is 1. The number of halogens is 2. The quantitative estimate of drug-likeness (QED) is 0.337. The van der Waals surface area contributed by atoms with Gasteiger partial charge in [0.05, 0.1) is 4.47 Å². The number of nitriles is 1. The zero-order valence-electron chi connectivity index (χ0n) is 17.3. The van der Waals surface area contributed by atoms with Gasteiger partial charge < -0.3 is 15.4 Å². The first-order valence-corrected chi connectivity index (χ1v) is 10.7. The fraction of sp³-hybridized carbons (Fsp3) is 0.0800. The van der Waals surface area contributed by atoms with Gasteiger partial charge in [0.15, 0.2) is 6.61 Å². The van der Waals surface area contributed by atoms with Crippen molar-refractivity contribution in [1.82, 2.24) is 5.32 Å². The molecule has 0 aliphatic carbocycles. The number of anilines is 1. The lowest BCUT2D eigenvalue weighted by atomic mass is 10.1. The Hall–Kier alpha value is -3.96. The molecule has 0 spiro atoms. The Morgan fingerprint density at radius 2 is 1.79 bits per heavy atom. The number of ether oxygens (including phenoxy) is 1. The first-order valence-electron chi connectivity index (χ1n) is 9.86. The molecule has 6 nitrogen and oxygen atoms in total. The molecule has 2 amide bonds. The van der Waals surface area contributed by atoms with Crippen molar-refractivity contribution < 1.29 is 18.7 Å². The smallest absolute Gasteiger partial charge is 0.262 e. The molecule has 0 saturated heterocycles. The van der Waals surface area contributed by atoms with Crippen molar-refractivity contribution in [2.75, 3.05) is 11.9 Å². The number of amides is 2. The summed E-state index contributed by atoms with van der Waals surface area (Å²) in [4.78, 5) is 24.4. The van der Waals surface area contributed by atoms with Gasteiger partial charge in [-0.1, -0.05) is 36.4 Å². The van der Waals surface area contributed by atoms with Crippen molar-refractivity contribution >= 4 is 39.5 Å². The molecule has 0 atom stereocenters. The second-order valence-corrected chi connectivity index (χ2v) is 7.73. The Kier molecular flexibility index (Phi) is 8.33. The molecule has 0 bridgehead atoms. The third-order valence-electron chi connectivity index (χ3n) is 4.41. The molecule has 8 heteroatoms. The van der Waals surface area contributed by atoms with Crippen LogP contribution in [0.4, 0.5) is 10.1 Å². The van der Waals surface area contributed by atoms with E-state index in [-0.39, 0.29) is 12.2 Å². The van der Waals surface area contributed by atoms with Gasteiger partial charge in [-0.25, -0.2) is 4.39 Å². The minimum Gasteiger partial charge on any atom is -0.483 e. The molecule has 0 radical (unpaired) electrons. The maximum Gasteiger partial charge on any atom is 0.262 e. The fourth-order valence-corrected chi connectivity index (χ4v) is 3.30. The van der Waals surface area contributed by atoms with Crippen LogP contribution in [0.5, 0.6) is 5.75 Å². The van der Waals surface area contributed by atoms with E-state index in [1.165, 1.54) is 30.3 Å². The first-order chi connectivity index (χ1) is 15.9. The zero-order valence-corrected chi connectivity index (χ0v) is 18.9. The van der Waals surface area contributed by atoms with Crippen molar-refractivity contribution in [3.8, 4) is 11.8 Å². The Labute approximate surface area is 198 Å². The molecule has 0 aliphatic heterocycles. The number of rotatable bonds is 8. The second-order valence-electron chi connectivity index (χ2n) is 6.87. The molecule has 0 saturated carbocycles. The average Bonchev–Trinajstić information content (AvgIpc) is 2.82. The van der Waals surface area contributed by atoms with E-state index in [0.717, 1.165) is 5.56 Å². The molecule has 0 heterocycles. The molecular weight excluding hydrogens is 489 g/mol. The molecule has 0 fully saturated rings. The zero-order chi connectivity index (χ0) is 23.6. The van der Waals surface area contributed by atoms with Crippen LogP contribution in [0, 0.1) is 17.1 Å². The lowest BCUT2D eigenvalue weighted by molar-refractivity contribution is -0.118. The topological polar surface area (TPSA) is 91.2 Å². The highest BCUT2D eigenvalue weighted by atomic mass is 79.9. The highest BCUT2D eigenvalue weighted by Crippen LogP contribution is 2.27. The van der Waals surface area contributed by atoms with Gasteiger partial charge in [0.25, 0.3) is 11.8 Å². The molecule has 0 unspecified atom stereocenters. The van der Waals surface area contributed by atoms with Crippen LogP contribution in [-0.2, 0) is 16.1 Å². The number of hydrogen-bond donors (Lipinski definition) is 2. The fourth-order valence-electron chi connectivity index (χ4n) is 2.79. The number of carbonyl (C=O) groups is 2. The van der Waals surface area contributed by atoms with Crippen LogP contribution in [0.1, 0.15) is 11.1 Å². The van der Waals surface area contributed by atoms with Crippen molar-refractivity contribution in [1.29, 1.82) is 5.26 Å². The maximum absolute atomic E-state index is 12.9. The van der Waals surface area contributed by atoms with E-state index < -0.39 is 17.6 Å². The van der Waals surface area contributed by atoms with Crippen molar-refractivity contribution in [3.05, 3.63) is 99.8 Å². The summed E-state index contributed by atoms with van der Waals surface area (Å²) >= 11 is 3.37. The molecule has 3 rings (SSSR count). The van der Waals surface area contributed by atoms with Gasteiger partial charge >= 0.3 is 0 Å². The Morgan fingerprint density at radius 1 is 1.06 bits per heavy atom. The molecule has 0 aromatic heterocycles. The molecule has 33 heavy (non-hydrogen) atoms. The van der Waals surface area contributed by atoms with Gasteiger partial charge in [-0.15, -0.1) is 0 Å². The SMILES string of the molecule is N#C/C(=C\c1ccc(OCC(=O)Nc2ccc(F)cc2)c(Br)c1)C(=O)NCc1ccccc1. The summed E-state index contributed by atoms with van der Waals surface area (Å²) in [5, 5.41) is 14.7. The van der Waals surface area contributed by atoms with Gasteiger partial charge in [-0.2, -0.15) is 5.26 Å². The average molecular weight is 508 g/mol. The van der Waals surface area contributed by atoms with Gasteiger partial charge in [-0.3, -0.25) is 9.59 Å². The van der Waals surface area contributed by atoms with Crippen molar-refractivity contribution in [2.24, 2.45) is 0 Å². The lowest BCUT2D eigenvalue weighted by Crippen LogP contribution is -2.23. The third kappa shape index (κ3) is 7.30. The number of carbonyl (C=O) groups excluding carboxylic acids is 2. The predicted octanol–water partition coefficient (Wildman–Crippen LogP) is 4.83. The second kappa shape index (κ2) is 11.6. The molecule has 3 aromatic rings. The van der Waals surface area contributed by atoms with E-state index in [0.29, 0.717) is 28.0 Å². The Morgan fingerprint density at radius 3 is 2.45 bits per heavy atom. The summed E-state index contributed by atoms with van der Waals surface area (Å²) in [5.74, 6) is -0.862. The highest BCUT2D eigenvalue weighted by molar-refractivity contribution is 9.10. The Bertz CT molecular complexity index is 1210. The molecular formula is C25H19BrFN3O3. The summed E-state index contributed by atoms with van der Waals surface area (Å²) in [6.07, 6.45) is 1.47. The van der Waals surface area contributed by atoms with Crippen molar-refractivity contribution in [2.45, 2.75) is 6.54 Å². The lowest BCUT2D eigenvalue weighted by Gasteiger charge is -2.10. The number of nitrogens with one attached hydrogen (secondary N) is 2. The first kappa shape index (κ1) is 23.7. The molecule has 2 N–H and O–H groups in total. The maximum atomic E-state index is 12.9. The number of benzene rings is 3. The number of hydrogen-bond acceptors (Lipinski definition) is 4. The summed E-state index contributed by atoms with van der Waals surface area (Å²) < 4.78 is 19.0. The van der Waals surface area contributed by atoms with Crippen LogP contribution in [0.3, 0.4) is 0 Å². The Balaban J connectivity index is 1.58. The molecule has 0 aliphatic rings. The van der Waals surface area contributed by atoms with E-state index in [2.05, 4.69) is 26.6 Å². The van der Waals surface area contributed by atoms with Crippen LogP contribution in [-0.4, -0.2) is 18.4 Å². The molecule has 166 valence electrons. The summed E-state index contributed by atoms with van der Waals surface area (Å²) in [6, 6.07) is 21.7. The van der Waals surface area contributed by atoms with Crippen LogP contribution in [0.25, 0.3) is 6.08 Å². The van der Waals surface area contributed by atoms with E-state index in [1.807, 2.05) is 36.4 Å². The summed E-state index contributed by atoms with van der Waals surface area (Å²) in [7, 11) is 0. The van der Waals surface area contributed by atoms with Crippen LogP contribution < -0.4 is 15.4 Å². The largest absolute Gasteiger partial charge is 0.483 e. The van der Waals surface area contributed by atoms with Gasteiger partial charge in [0, 0.05) is 12.2 Å². The van der Waals surface area contributed by atoms with Crippen LogP contribution in [0.2, 0.25) is 0 Å². The van der Waals surface area contributed by atoms with Crippen LogP contribution >= 0.6 is 15.9 Å². The van der Waals surface area contributed by atoms with E-state index in [4.69, 9.17) is 4.74 Å². The summed E-state index contributed by atoms with van der Waals surface area (Å²) in [6.45, 7) is 0.0612. The van der Waals surface area contributed by atoms with Gasteiger partial charge in [-0.05, 0) is 69.5 Å². The minimum absolute atomic E-state index is 0.0369. The van der Waals surface area contributed by atoms with Crippen LogP contribution in [0.15, 0.2) is 82.8 Å². The van der Waals surface area contributed by atoms with E-state index in [1.54, 1.807) is 18.2 Å².